The number of carbonyl (C=O) groups excluding carboxylic acids is 1. The van der Waals surface area contributed by atoms with Crippen molar-refractivity contribution in [3.63, 3.8) is 0 Å². The van der Waals surface area contributed by atoms with E-state index in [1.165, 1.54) is 0 Å². The maximum absolute atomic E-state index is 9.58. The maximum atomic E-state index is 9.58. The van der Waals surface area contributed by atoms with Crippen LogP contribution in [0, 0.1) is 0 Å². The number of phenolic OH excluding ortho intramolecular Hbond substituents is 1. The van der Waals surface area contributed by atoms with Gasteiger partial charge in [-0.2, -0.15) is 0 Å². The Balaban J connectivity index is 0.000000217. The Labute approximate surface area is 76.8 Å². The van der Waals surface area contributed by atoms with Gasteiger partial charge in [-0.15, -0.1) is 0 Å². The van der Waals surface area contributed by atoms with Gasteiger partial charge >= 0.3 is 0 Å². The lowest BCUT2D eigenvalue weighted by atomic mass is 10.3. The molecule has 0 heterocycles. The first-order chi connectivity index (χ1) is 5.66. The van der Waals surface area contributed by atoms with Crippen molar-refractivity contribution in [3.05, 3.63) is 30.3 Å². The number of aromatic hydroxyl groups is 1. The van der Waals surface area contributed by atoms with E-state index in [1.807, 2.05) is 6.07 Å². The van der Waals surface area contributed by atoms with Crippen molar-refractivity contribution in [2.24, 2.45) is 0 Å². The van der Waals surface area contributed by atoms with Gasteiger partial charge in [-0.3, -0.25) is 4.79 Å². The molecule has 66 valence electrons. The Morgan fingerprint density at radius 1 is 1.42 bits per heavy atom. The molecule has 3 heteroatoms. The minimum atomic E-state index is -0.273. The van der Waals surface area contributed by atoms with Crippen LogP contribution in [0.5, 0.6) is 5.75 Å². The summed E-state index contributed by atoms with van der Waals surface area (Å²) >= 11 is 4.82. The molecule has 0 aliphatic heterocycles. The third-order valence-electron chi connectivity index (χ3n) is 1.03. The van der Waals surface area contributed by atoms with E-state index >= 15 is 0 Å². The normalized spacial score (nSPS) is 8.17. The first-order valence-electron chi connectivity index (χ1n) is 3.59. The van der Waals surface area contributed by atoms with E-state index in [-0.39, 0.29) is 5.24 Å². The van der Waals surface area contributed by atoms with Crippen LogP contribution in [0.1, 0.15) is 13.3 Å². The predicted octanol–water partition coefficient (Wildman–Crippen LogP) is 2.55. The molecule has 0 saturated carbocycles. The number of halogens is 1. The van der Waals surface area contributed by atoms with Gasteiger partial charge in [0.1, 0.15) is 5.75 Å². The van der Waals surface area contributed by atoms with E-state index in [2.05, 4.69) is 0 Å². The Bertz CT molecular complexity index is 221. The average molecular weight is 187 g/mol. The van der Waals surface area contributed by atoms with E-state index in [4.69, 9.17) is 16.7 Å². The first kappa shape index (κ1) is 11.0. The summed E-state index contributed by atoms with van der Waals surface area (Å²) in [6.45, 7) is 1.72. The molecule has 0 spiro atoms. The van der Waals surface area contributed by atoms with Crippen LogP contribution in [-0.4, -0.2) is 10.3 Å². The minimum Gasteiger partial charge on any atom is -0.508 e. The Morgan fingerprint density at radius 2 is 1.83 bits per heavy atom. The van der Waals surface area contributed by atoms with Gasteiger partial charge in [0.2, 0.25) is 5.24 Å². The number of para-hydroxylation sites is 1. The van der Waals surface area contributed by atoms with Crippen LogP contribution >= 0.6 is 11.6 Å². The highest BCUT2D eigenvalue weighted by molar-refractivity contribution is 6.63. The molecule has 0 bridgehead atoms. The van der Waals surface area contributed by atoms with Crippen LogP contribution in [0.3, 0.4) is 0 Å². The molecule has 0 radical (unpaired) electrons. The molecule has 1 N–H and O–H groups in total. The van der Waals surface area contributed by atoms with Gasteiger partial charge < -0.3 is 5.11 Å². The Morgan fingerprint density at radius 3 is 2.00 bits per heavy atom. The average Bonchev–Trinajstić information content (AvgIpc) is 2.07. The molecule has 12 heavy (non-hydrogen) atoms. The van der Waals surface area contributed by atoms with Gasteiger partial charge in [0, 0.05) is 6.42 Å². The van der Waals surface area contributed by atoms with Crippen molar-refractivity contribution >= 4 is 16.8 Å². The summed E-state index contributed by atoms with van der Waals surface area (Å²) in [4.78, 5) is 9.58. The maximum Gasteiger partial charge on any atom is 0.221 e. The summed E-state index contributed by atoms with van der Waals surface area (Å²) in [5, 5.41) is 8.36. The molecule has 0 aliphatic rings. The quantitative estimate of drug-likeness (QED) is 0.685. The first-order valence-corrected chi connectivity index (χ1v) is 3.97. The number of benzene rings is 1. The summed E-state index contributed by atoms with van der Waals surface area (Å²) in [7, 11) is 0. The zero-order valence-electron chi connectivity index (χ0n) is 6.83. The number of phenols is 1. The molecule has 2 nitrogen and oxygen atoms in total. The second-order valence-electron chi connectivity index (χ2n) is 2.04. The van der Waals surface area contributed by atoms with Gasteiger partial charge in [-0.25, -0.2) is 0 Å². The van der Waals surface area contributed by atoms with Crippen LogP contribution in [0.4, 0.5) is 0 Å². The third-order valence-corrected chi connectivity index (χ3v) is 1.30. The predicted molar refractivity (Wildman–Crippen MR) is 49.3 cm³/mol. The van der Waals surface area contributed by atoms with Crippen LogP contribution < -0.4 is 0 Å². The van der Waals surface area contributed by atoms with Crippen molar-refractivity contribution in [2.45, 2.75) is 13.3 Å². The molecule has 1 rings (SSSR count). The third kappa shape index (κ3) is 7.09. The fraction of sp³-hybridized carbons (Fsp3) is 0.222. The monoisotopic (exact) mass is 186 g/mol. The fourth-order valence-corrected chi connectivity index (χ4v) is 0.428. The number of carbonyl (C=O) groups is 1. The van der Waals surface area contributed by atoms with Gasteiger partial charge in [-0.05, 0) is 23.7 Å². The lowest BCUT2D eigenvalue weighted by Crippen LogP contribution is -1.74. The highest BCUT2D eigenvalue weighted by Crippen LogP contribution is 2.02. The SMILES string of the molecule is CCC(=O)Cl.Oc1ccccc1. The van der Waals surface area contributed by atoms with Crippen LogP contribution in [0.2, 0.25) is 0 Å². The fourth-order valence-electron chi connectivity index (χ4n) is 0.428. The van der Waals surface area contributed by atoms with E-state index in [9.17, 15) is 4.79 Å². The molecular formula is C9H11ClO2. The van der Waals surface area contributed by atoms with Crippen molar-refractivity contribution in [2.75, 3.05) is 0 Å². The molecule has 0 unspecified atom stereocenters. The van der Waals surface area contributed by atoms with E-state index in [1.54, 1.807) is 31.2 Å². The molecule has 0 amide bonds. The number of rotatable bonds is 1. The molecule has 0 atom stereocenters. The zero-order chi connectivity index (χ0) is 9.40. The lowest BCUT2D eigenvalue weighted by Gasteiger charge is -1.82. The second-order valence-corrected chi connectivity index (χ2v) is 2.47. The molecule has 0 saturated heterocycles. The highest BCUT2D eigenvalue weighted by atomic mass is 35.5. The van der Waals surface area contributed by atoms with Crippen molar-refractivity contribution in [1.82, 2.24) is 0 Å². The minimum absolute atomic E-state index is 0.273. The van der Waals surface area contributed by atoms with E-state index in [0.29, 0.717) is 12.2 Å². The van der Waals surface area contributed by atoms with Gasteiger partial charge in [0.15, 0.2) is 0 Å². The smallest absolute Gasteiger partial charge is 0.221 e. The summed E-state index contributed by atoms with van der Waals surface area (Å²) in [6, 6.07) is 8.71. The number of hydrogen-bond acceptors (Lipinski definition) is 2. The van der Waals surface area contributed by atoms with Crippen molar-refractivity contribution in [1.29, 1.82) is 0 Å². The highest BCUT2D eigenvalue weighted by Gasteiger charge is 1.81. The topological polar surface area (TPSA) is 37.3 Å². The standard InChI is InChI=1S/C6H6O.C3H5ClO/c7-6-4-2-1-3-5-6;1-2-3(4)5/h1-5,7H;2H2,1H3. The molecule has 1 aromatic rings. The van der Waals surface area contributed by atoms with Gasteiger partial charge in [0.25, 0.3) is 0 Å². The Kier molecular flexibility index (Phi) is 6.11. The van der Waals surface area contributed by atoms with Crippen LogP contribution in [0.15, 0.2) is 30.3 Å². The summed E-state index contributed by atoms with van der Waals surface area (Å²) < 4.78 is 0. The summed E-state index contributed by atoms with van der Waals surface area (Å²) in [5.41, 5.74) is 0. The molecule has 0 fully saturated rings. The number of hydrogen-bond donors (Lipinski definition) is 1. The molecule has 0 aliphatic carbocycles. The van der Waals surface area contributed by atoms with Crippen molar-refractivity contribution < 1.29 is 9.90 Å². The van der Waals surface area contributed by atoms with E-state index < -0.39 is 0 Å². The van der Waals surface area contributed by atoms with Crippen LogP contribution in [0.25, 0.3) is 0 Å². The zero-order valence-corrected chi connectivity index (χ0v) is 7.58. The van der Waals surface area contributed by atoms with Crippen molar-refractivity contribution in [3.8, 4) is 5.75 Å². The molecule has 1 aromatic carbocycles. The van der Waals surface area contributed by atoms with Gasteiger partial charge in [0.05, 0.1) is 0 Å². The largest absolute Gasteiger partial charge is 0.508 e. The van der Waals surface area contributed by atoms with E-state index in [0.717, 1.165) is 0 Å². The summed E-state index contributed by atoms with van der Waals surface area (Å²) in [5.74, 6) is 0.322. The Hall–Kier alpha value is -1.02. The molecule has 0 aromatic heterocycles. The summed E-state index contributed by atoms with van der Waals surface area (Å²) in [6.07, 6.45) is 0.432. The second kappa shape index (κ2) is 6.68. The lowest BCUT2D eigenvalue weighted by molar-refractivity contribution is -0.111. The van der Waals surface area contributed by atoms with Crippen LogP contribution in [-0.2, 0) is 4.79 Å². The molecular weight excluding hydrogens is 176 g/mol. The van der Waals surface area contributed by atoms with Gasteiger partial charge in [-0.1, -0.05) is 25.1 Å².